The van der Waals surface area contributed by atoms with E-state index in [1.807, 2.05) is 0 Å². The molecule has 2 heterocycles. The fourth-order valence-electron chi connectivity index (χ4n) is 2.96. The molecule has 3 N–H and O–H groups in total. The third-order valence-electron chi connectivity index (χ3n) is 4.06. The van der Waals surface area contributed by atoms with E-state index in [2.05, 4.69) is 36.3 Å². The second kappa shape index (κ2) is 8.53. The summed E-state index contributed by atoms with van der Waals surface area (Å²) in [5.74, 6) is -1.45. The molecule has 136 valence electrons. The van der Waals surface area contributed by atoms with Crippen LogP contribution in [0.3, 0.4) is 0 Å². The maximum absolute atomic E-state index is 9.55. The van der Waals surface area contributed by atoms with Gasteiger partial charge in [-0.25, -0.2) is 9.59 Å². The zero-order chi connectivity index (χ0) is 18.4. The quantitative estimate of drug-likeness (QED) is 0.693. The van der Waals surface area contributed by atoms with Crippen LogP contribution in [0.15, 0.2) is 24.3 Å². The van der Waals surface area contributed by atoms with Crippen molar-refractivity contribution in [2.45, 2.75) is 25.9 Å². The largest absolute Gasteiger partial charge is 0.487 e. The van der Waals surface area contributed by atoms with Crippen molar-refractivity contribution >= 4 is 17.6 Å². The molecule has 0 radical (unpaired) electrons. The number of fused-ring (bicyclic) bond motifs is 2. The van der Waals surface area contributed by atoms with E-state index in [0.29, 0.717) is 12.2 Å². The molecule has 2 aliphatic heterocycles. The molecule has 1 aromatic carbocycles. The molecule has 2 aliphatic rings. The first-order chi connectivity index (χ1) is 11.9. The first kappa shape index (κ1) is 18.8. The first-order valence-corrected chi connectivity index (χ1v) is 8.25. The van der Waals surface area contributed by atoms with Crippen molar-refractivity contribution in [1.82, 2.24) is 5.32 Å². The Balaban J connectivity index is 0.000000242. The third-order valence-corrected chi connectivity index (χ3v) is 4.06. The van der Waals surface area contributed by atoms with Gasteiger partial charge in [-0.3, -0.25) is 0 Å². The highest BCUT2D eigenvalue weighted by Crippen LogP contribution is 2.35. The van der Waals surface area contributed by atoms with Gasteiger partial charge in [0.2, 0.25) is 0 Å². The minimum Gasteiger partial charge on any atom is -0.487 e. The summed E-state index contributed by atoms with van der Waals surface area (Å²) < 4.78 is 5.95. The van der Waals surface area contributed by atoms with Crippen LogP contribution in [0.1, 0.15) is 18.1 Å². The van der Waals surface area contributed by atoms with Crippen molar-refractivity contribution < 1.29 is 24.5 Å². The SMILES string of the molecule is CC1CN(C)c2cc3c(cc2O1)CCNCC3.O=C(O)/C=C/C(=O)O. The Kier molecular flexibility index (Phi) is 6.41. The molecule has 0 saturated heterocycles. The number of nitrogens with one attached hydrogen (secondary N) is 1. The molecule has 0 bridgehead atoms. The van der Waals surface area contributed by atoms with Gasteiger partial charge in [0, 0.05) is 19.2 Å². The lowest BCUT2D eigenvalue weighted by atomic mass is 10.0. The topological polar surface area (TPSA) is 99.1 Å². The molecular formula is C18H24N2O5. The molecule has 0 fully saturated rings. The summed E-state index contributed by atoms with van der Waals surface area (Å²) in [5.41, 5.74) is 4.19. The molecule has 1 atom stereocenters. The Morgan fingerprint density at radius 1 is 1.16 bits per heavy atom. The van der Waals surface area contributed by atoms with E-state index in [9.17, 15) is 9.59 Å². The molecule has 0 aromatic heterocycles. The number of hydrogen-bond donors (Lipinski definition) is 3. The first-order valence-electron chi connectivity index (χ1n) is 8.25. The summed E-state index contributed by atoms with van der Waals surface area (Å²) in [7, 11) is 2.15. The Bertz CT molecular complexity index is 656. The van der Waals surface area contributed by atoms with Crippen molar-refractivity contribution in [1.29, 1.82) is 0 Å². The average Bonchev–Trinajstić information content (AvgIpc) is 2.76. The van der Waals surface area contributed by atoms with Crippen LogP contribution in [-0.2, 0) is 22.4 Å². The average molecular weight is 348 g/mol. The fourth-order valence-corrected chi connectivity index (χ4v) is 2.96. The highest BCUT2D eigenvalue weighted by Gasteiger charge is 2.22. The van der Waals surface area contributed by atoms with E-state index >= 15 is 0 Å². The molecule has 7 nitrogen and oxygen atoms in total. The van der Waals surface area contributed by atoms with Crippen molar-refractivity contribution in [3.8, 4) is 5.75 Å². The fraction of sp³-hybridized carbons (Fsp3) is 0.444. The molecule has 3 rings (SSSR count). The lowest BCUT2D eigenvalue weighted by Crippen LogP contribution is -2.35. The van der Waals surface area contributed by atoms with E-state index in [0.717, 1.165) is 38.2 Å². The van der Waals surface area contributed by atoms with Crippen molar-refractivity contribution in [3.63, 3.8) is 0 Å². The highest BCUT2D eigenvalue weighted by atomic mass is 16.5. The number of carboxylic acid groups (broad SMARTS) is 2. The van der Waals surface area contributed by atoms with Crippen LogP contribution in [0.5, 0.6) is 5.75 Å². The number of hydrogen-bond acceptors (Lipinski definition) is 5. The molecule has 0 aliphatic carbocycles. The second-order valence-corrected chi connectivity index (χ2v) is 6.16. The van der Waals surface area contributed by atoms with Crippen LogP contribution in [0.4, 0.5) is 5.69 Å². The molecular weight excluding hydrogens is 324 g/mol. The maximum Gasteiger partial charge on any atom is 0.328 e. The summed E-state index contributed by atoms with van der Waals surface area (Å²) in [4.78, 5) is 21.4. The molecule has 0 spiro atoms. The predicted octanol–water partition coefficient (Wildman–Crippen LogP) is 1.30. The Morgan fingerprint density at radius 3 is 2.28 bits per heavy atom. The van der Waals surface area contributed by atoms with E-state index < -0.39 is 11.9 Å². The lowest BCUT2D eigenvalue weighted by molar-refractivity contribution is -0.134. The third kappa shape index (κ3) is 5.49. The number of anilines is 1. The molecule has 7 heteroatoms. The van der Waals surface area contributed by atoms with Crippen LogP contribution in [0.2, 0.25) is 0 Å². The summed E-state index contributed by atoms with van der Waals surface area (Å²) in [6.07, 6.45) is 3.65. The number of ether oxygens (including phenoxy) is 1. The monoisotopic (exact) mass is 348 g/mol. The highest BCUT2D eigenvalue weighted by molar-refractivity contribution is 5.89. The van der Waals surface area contributed by atoms with Gasteiger partial charge in [0.15, 0.2) is 0 Å². The van der Waals surface area contributed by atoms with Crippen LogP contribution >= 0.6 is 0 Å². The van der Waals surface area contributed by atoms with Crippen molar-refractivity contribution in [3.05, 3.63) is 35.4 Å². The van der Waals surface area contributed by atoms with Crippen molar-refractivity contribution in [2.24, 2.45) is 0 Å². The van der Waals surface area contributed by atoms with E-state index in [-0.39, 0.29) is 6.10 Å². The lowest BCUT2D eigenvalue weighted by Gasteiger charge is -2.33. The second-order valence-electron chi connectivity index (χ2n) is 6.16. The van der Waals surface area contributed by atoms with Gasteiger partial charge in [-0.1, -0.05) is 0 Å². The summed E-state index contributed by atoms with van der Waals surface area (Å²) in [5, 5.41) is 19.1. The van der Waals surface area contributed by atoms with Gasteiger partial charge in [-0.05, 0) is 56.1 Å². The molecule has 1 unspecified atom stereocenters. The Labute approximate surface area is 146 Å². The van der Waals surface area contributed by atoms with Crippen molar-refractivity contribution in [2.75, 3.05) is 31.6 Å². The van der Waals surface area contributed by atoms with Crippen LogP contribution in [0.25, 0.3) is 0 Å². The minimum atomic E-state index is -1.26. The van der Waals surface area contributed by atoms with E-state index in [1.165, 1.54) is 16.8 Å². The van der Waals surface area contributed by atoms with Gasteiger partial charge in [-0.2, -0.15) is 0 Å². The van der Waals surface area contributed by atoms with Gasteiger partial charge in [0.25, 0.3) is 0 Å². The van der Waals surface area contributed by atoms with Crippen LogP contribution < -0.4 is 15.0 Å². The molecule has 25 heavy (non-hydrogen) atoms. The van der Waals surface area contributed by atoms with Gasteiger partial charge in [0.05, 0.1) is 12.2 Å². The van der Waals surface area contributed by atoms with Gasteiger partial charge >= 0.3 is 11.9 Å². The predicted molar refractivity (Wildman–Crippen MR) is 94.5 cm³/mol. The number of carboxylic acids is 2. The van der Waals surface area contributed by atoms with E-state index in [4.69, 9.17) is 14.9 Å². The number of likely N-dealkylation sites (N-methyl/N-ethyl adjacent to an activating group) is 1. The zero-order valence-electron chi connectivity index (χ0n) is 14.5. The van der Waals surface area contributed by atoms with Gasteiger partial charge < -0.3 is 25.2 Å². The van der Waals surface area contributed by atoms with Gasteiger partial charge in [-0.15, -0.1) is 0 Å². The van der Waals surface area contributed by atoms with Crippen LogP contribution in [0, 0.1) is 0 Å². The summed E-state index contributed by atoms with van der Waals surface area (Å²) >= 11 is 0. The Hall–Kier alpha value is -2.54. The standard InChI is InChI=1S/C14H20N2O.C4H4O4/c1-10-9-16(2)13-7-11-3-5-15-6-4-12(11)8-14(13)17-10;5-3(6)1-2-4(7)8/h7-8,10,15H,3-6,9H2,1-2H3;1-2H,(H,5,6)(H,7,8)/b;2-1+. The molecule has 0 saturated carbocycles. The minimum absolute atomic E-state index is 0.287. The normalized spacial score (nSPS) is 19.0. The molecule has 1 aromatic rings. The number of rotatable bonds is 2. The maximum atomic E-state index is 9.55. The number of benzene rings is 1. The smallest absolute Gasteiger partial charge is 0.328 e. The Morgan fingerprint density at radius 2 is 1.72 bits per heavy atom. The number of aliphatic carboxylic acids is 2. The van der Waals surface area contributed by atoms with E-state index in [1.54, 1.807) is 0 Å². The zero-order valence-corrected chi connectivity index (χ0v) is 14.5. The summed E-state index contributed by atoms with van der Waals surface area (Å²) in [6.45, 7) is 5.28. The molecule has 0 amide bonds. The number of carbonyl (C=O) groups is 2. The number of nitrogens with zero attached hydrogens (tertiary/aromatic N) is 1. The van der Waals surface area contributed by atoms with Crippen LogP contribution in [-0.4, -0.2) is 54.9 Å². The van der Waals surface area contributed by atoms with Gasteiger partial charge in [0.1, 0.15) is 11.9 Å². The summed E-state index contributed by atoms with van der Waals surface area (Å²) in [6, 6.07) is 4.58.